The Morgan fingerprint density at radius 3 is 2.79 bits per heavy atom. The molecular weight excluding hydrogens is 286 g/mol. The number of halogens is 1. The fourth-order valence-electron chi connectivity index (χ4n) is 1.46. The second-order valence-corrected chi connectivity index (χ2v) is 5.22. The molecule has 0 aromatic heterocycles. The van der Waals surface area contributed by atoms with Crippen molar-refractivity contribution in [3.63, 3.8) is 0 Å². The molecule has 0 unspecified atom stereocenters. The molecule has 0 atom stereocenters. The molecular formula is C13H16ClNO3S. The smallest absolute Gasteiger partial charge is 0.337 e. The Labute approximate surface area is 121 Å². The minimum atomic E-state index is -0.463. The van der Waals surface area contributed by atoms with Crippen molar-refractivity contribution in [3.8, 4) is 0 Å². The molecule has 0 heterocycles. The average Bonchev–Trinajstić information content (AvgIpc) is 2.40. The number of methoxy groups -OCH3 is 1. The Morgan fingerprint density at radius 1 is 1.42 bits per heavy atom. The van der Waals surface area contributed by atoms with Crippen LogP contribution in [0.1, 0.15) is 23.2 Å². The third kappa shape index (κ3) is 5.12. The van der Waals surface area contributed by atoms with E-state index in [2.05, 4.69) is 10.1 Å². The molecule has 0 aliphatic rings. The number of thioether (sulfide) groups is 1. The first-order valence-corrected chi connectivity index (χ1v) is 7.52. The molecule has 0 spiro atoms. The third-order valence-electron chi connectivity index (χ3n) is 2.41. The molecule has 1 aromatic carbocycles. The Morgan fingerprint density at radius 2 is 2.16 bits per heavy atom. The molecule has 0 aliphatic carbocycles. The molecule has 6 heteroatoms. The lowest BCUT2D eigenvalue weighted by Gasteiger charge is -2.08. The summed E-state index contributed by atoms with van der Waals surface area (Å²) in [6, 6.07) is 4.63. The van der Waals surface area contributed by atoms with Crippen molar-refractivity contribution in [2.45, 2.75) is 12.8 Å². The zero-order valence-electron chi connectivity index (χ0n) is 10.9. The van der Waals surface area contributed by atoms with Gasteiger partial charge in [-0.3, -0.25) is 4.79 Å². The molecule has 0 saturated carbocycles. The summed E-state index contributed by atoms with van der Waals surface area (Å²) in [5.74, 6) is 0.358. The topological polar surface area (TPSA) is 55.4 Å². The van der Waals surface area contributed by atoms with Crippen LogP contribution in [0.5, 0.6) is 0 Å². The standard InChI is InChI=1S/C13H16ClNO3S/c1-18-13(17)9-5-6-10(14)11(8-9)15-12(16)4-3-7-19-2/h5-6,8H,3-4,7H2,1-2H3,(H,15,16). The molecule has 1 aromatic rings. The predicted octanol–water partition coefficient (Wildman–Crippen LogP) is 3.21. The van der Waals surface area contributed by atoms with Gasteiger partial charge in [-0.15, -0.1) is 0 Å². The molecule has 19 heavy (non-hydrogen) atoms. The van der Waals surface area contributed by atoms with Crippen molar-refractivity contribution in [3.05, 3.63) is 28.8 Å². The zero-order valence-corrected chi connectivity index (χ0v) is 12.4. The van der Waals surface area contributed by atoms with Gasteiger partial charge in [-0.2, -0.15) is 11.8 Å². The highest BCUT2D eigenvalue weighted by Crippen LogP contribution is 2.23. The lowest BCUT2D eigenvalue weighted by Crippen LogP contribution is -2.12. The van der Waals surface area contributed by atoms with E-state index in [-0.39, 0.29) is 5.91 Å². The molecule has 1 N–H and O–H groups in total. The second-order valence-electron chi connectivity index (χ2n) is 3.83. The summed E-state index contributed by atoms with van der Waals surface area (Å²) in [6.45, 7) is 0. The van der Waals surface area contributed by atoms with Crippen LogP contribution in [0.4, 0.5) is 5.69 Å². The maximum Gasteiger partial charge on any atom is 0.337 e. The van der Waals surface area contributed by atoms with E-state index in [1.807, 2.05) is 6.26 Å². The van der Waals surface area contributed by atoms with Gasteiger partial charge in [-0.25, -0.2) is 4.79 Å². The number of rotatable bonds is 6. The van der Waals surface area contributed by atoms with E-state index in [9.17, 15) is 9.59 Å². The molecule has 4 nitrogen and oxygen atoms in total. The van der Waals surface area contributed by atoms with E-state index >= 15 is 0 Å². The summed E-state index contributed by atoms with van der Waals surface area (Å²) < 4.78 is 4.62. The van der Waals surface area contributed by atoms with Crippen molar-refractivity contribution < 1.29 is 14.3 Å². The first kappa shape index (κ1) is 15.9. The Kier molecular flexibility index (Phi) is 6.73. The number of carbonyl (C=O) groups excluding carboxylic acids is 2. The molecule has 0 bridgehead atoms. The molecule has 1 amide bonds. The van der Waals surface area contributed by atoms with Crippen LogP contribution in [0, 0.1) is 0 Å². The van der Waals surface area contributed by atoms with Gasteiger partial charge in [-0.05, 0) is 36.6 Å². The SMILES string of the molecule is COC(=O)c1ccc(Cl)c(NC(=O)CCCSC)c1. The van der Waals surface area contributed by atoms with Crippen LogP contribution in [0.15, 0.2) is 18.2 Å². The van der Waals surface area contributed by atoms with Gasteiger partial charge in [0.2, 0.25) is 5.91 Å². The molecule has 0 fully saturated rings. The minimum absolute atomic E-state index is 0.113. The Bertz CT molecular complexity index is 465. The van der Waals surface area contributed by atoms with E-state index < -0.39 is 5.97 Å². The van der Waals surface area contributed by atoms with E-state index in [0.29, 0.717) is 22.7 Å². The lowest BCUT2D eigenvalue weighted by atomic mass is 10.2. The molecule has 104 valence electrons. The highest BCUT2D eigenvalue weighted by atomic mass is 35.5. The molecule has 1 rings (SSSR count). The quantitative estimate of drug-likeness (QED) is 0.647. The average molecular weight is 302 g/mol. The lowest BCUT2D eigenvalue weighted by molar-refractivity contribution is -0.116. The summed E-state index contributed by atoms with van der Waals surface area (Å²) in [6.07, 6.45) is 3.23. The van der Waals surface area contributed by atoms with Crippen molar-refractivity contribution in [2.75, 3.05) is 24.4 Å². The highest BCUT2D eigenvalue weighted by Gasteiger charge is 2.11. The van der Waals surface area contributed by atoms with Gasteiger partial charge in [-0.1, -0.05) is 11.6 Å². The molecule has 0 aliphatic heterocycles. The third-order valence-corrected chi connectivity index (χ3v) is 3.44. The fourth-order valence-corrected chi connectivity index (χ4v) is 2.05. The summed E-state index contributed by atoms with van der Waals surface area (Å²) in [4.78, 5) is 23.1. The van der Waals surface area contributed by atoms with E-state index in [1.165, 1.54) is 13.2 Å². The van der Waals surface area contributed by atoms with E-state index in [0.717, 1.165) is 12.2 Å². The maximum absolute atomic E-state index is 11.7. The van der Waals surface area contributed by atoms with Crippen molar-refractivity contribution in [2.24, 2.45) is 0 Å². The summed E-state index contributed by atoms with van der Waals surface area (Å²) in [7, 11) is 1.30. The van der Waals surface area contributed by atoms with Crippen LogP contribution in [0.25, 0.3) is 0 Å². The summed E-state index contributed by atoms with van der Waals surface area (Å²) >= 11 is 7.67. The molecule has 0 radical (unpaired) electrons. The van der Waals surface area contributed by atoms with Gasteiger partial charge in [0.05, 0.1) is 23.4 Å². The van der Waals surface area contributed by atoms with Crippen LogP contribution < -0.4 is 5.32 Å². The largest absolute Gasteiger partial charge is 0.465 e. The van der Waals surface area contributed by atoms with Gasteiger partial charge in [0.15, 0.2) is 0 Å². The minimum Gasteiger partial charge on any atom is -0.465 e. The maximum atomic E-state index is 11.7. The highest BCUT2D eigenvalue weighted by molar-refractivity contribution is 7.98. The van der Waals surface area contributed by atoms with Crippen molar-refractivity contribution in [1.29, 1.82) is 0 Å². The fraction of sp³-hybridized carbons (Fsp3) is 0.385. The summed E-state index contributed by atoms with van der Waals surface area (Å²) in [5, 5.41) is 3.09. The van der Waals surface area contributed by atoms with Crippen molar-refractivity contribution >= 4 is 40.9 Å². The van der Waals surface area contributed by atoms with Gasteiger partial charge in [0.25, 0.3) is 0 Å². The number of ether oxygens (including phenoxy) is 1. The number of carbonyl (C=O) groups is 2. The molecule has 0 saturated heterocycles. The number of benzene rings is 1. The van der Waals surface area contributed by atoms with E-state index in [1.54, 1.807) is 23.9 Å². The van der Waals surface area contributed by atoms with Crippen LogP contribution >= 0.6 is 23.4 Å². The van der Waals surface area contributed by atoms with Crippen LogP contribution in [0.3, 0.4) is 0 Å². The number of hydrogen-bond donors (Lipinski definition) is 1. The van der Waals surface area contributed by atoms with Crippen LogP contribution in [0.2, 0.25) is 5.02 Å². The van der Waals surface area contributed by atoms with Gasteiger partial charge >= 0.3 is 5.97 Å². The number of hydrogen-bond acceptors (Lipinski definition) is 4. The van der Waals surface area contributed by atoms with Gasteiger partial charge < -0.3 is 10.1 Å². The first-order chi connectivity index (χ1) is 9.08. The van der Waals surface area contributed by atoms with Gasteiger partial charge in [0, 0.05) is 6.42 Å². The monoisotopic (exact) mass is 301 g/mol. The Balaban J connectivity index is 2.71. The van der Waals surface area contributed by atoms with Gasteiger partial charge in [0.1, 0.15) is 0 Å². The first-order valence-electron chi connectivity index (χ1n) is 5.75. The number of nitrogens with one attached hydrogen (secondary N) is 1. The zero-order chi connectivity index (χ0) is 14.3. The Hall–Kier alpha value is -1.20. The predicted molar refractivity (Wildman–Crippen MR) is 79.0 cm³/mol. The number of esters is 1. The van der Waals surface area contributed by atoms with E-state index in [4.69, 9.17) is 11.6 Å². The summed E-state index contributed by atoms with van der Waals surface area (Å²) in [5.41, 5.74) is 0.782. The normalized spacial score (nSPS) is 10.1. The van der Waals surface area contributed by atoms with Crippen molar-refractivity contribution in [1.82, 2.24) is 0 Å². The van der Waals surface area contributed by atoms with Crippen LogP contribution in [-0.2, 0) is 9.53 Å². The number of amides is 1. The number of anilines is 1. The van der Waals surface area contributed by atoms with Crippen LogP contribution in [-0.4, -0.2) is 31.0 Å². The second kappa shape index (κ2) is 8.07.